The van der Waals surface area contributed by atoms with Gasteiger partial charge in [-0.3, -0.25) is 4.99 Å². The number of nitrogens with one attached hydrogen (secondary N) is 2. The number of aliphatic imine (C=N–C) groups is 1. The van der Waals surface area contributed by atoms with Gasteiger partial charge in [0.1, 0.15) is 0 Å². The van der Waals surface area contributed by atoms with Crippen molar-refractivity contribution in [2.45, 2.75) is 27.2 Å². The van der Waals surface area contributed by atoms with Crippen molar-refractivity contribution in [2.24, 2.45) is 10.9 Å². The lowest BCUT2D eigenvalue weighted by Gasteiger charge is -2.35. The smallest absolute Gasteiger partial charge is 0.191 e. The molecule has 1 saturated heterocycles. The molecule has 0 saturated carbocycles. The number of benzene rings is 1. The maximum Gasteiger partial charge on any atom is 0.191 e. The van der Waals surface area contributed by atoms with E-state index >= 15 is 0 Å². The summed E-state index contributed by atoms with van der Waals surface area (Å²) in [7, 11) is 3.32. The lowest BCUT2D eigenvalue weighted by Crippen LogP contribution is -2.47. The van der Waals surface area contributed by atoms with Crippen LogP contribution in [0.1, 0.15) is 26.3 Å². The van der Waals surface area contributed by atoms with E-state index in [2.05, 4.69) is 47.3 Å². The standard InChI is InChI=1S/C23H41N5O2.HI/c1-6-24-23(25-11-10-20-8-9-21(29-4)22(16-20)30-5)26-17-19(3)18-28-14-12-27(7-2)13-15-28;/h8-9,16,19H,6-7,10-15,17-18H2,1-5H3,(H2,24,25,26);1H. The summed E-state index contributed by atoms with van der Waals surface area (Å²) < 4.78 is 10.7. The molecule has 1 fully saturated rings. The second-order valence-corrected chi connectivity index (χ2v) is 7.93. The Morgan fingerprint density at radius 2 is 1.71 bits per heavy atom. The van der Waals surface area contributed by atoms with Crippen molar-refractivity contribution < 1.29 is 9.47 Å². The number of halogens is 1. The molecule has 0 amide bonds. The Kier molecular flexibility index (Phi) is 13.9. The molecule has 1 aliphatic rings. The summed E-state index contributed by atoms with van der Waals surface area (Å²) in [6.45, 7) is 16.1. The third-order valence-electron chi connectivity index (χ3n) is 5.54. The van der Waals surface area contributed by atoms with Crippen LogP contribution < -0.4 is 20.1 Å². The fourth-order valence-corrected chi connectivity index (χ4v) is 3.74. The summed E-state index contributed by atoms with van der Waals surface area (Å²) in [5, 5.41) is 6.81. The van der Waals surface area contributed by atoms with Crippen LogP contribution in [0, 0.1) is 5.92 Å². The van der Waals surface area contributed by atoms with Crippen LogP contribution in [0.4, 0.5) is 0 Å². The largest absolute Gasteiger partial charge is 0.493 e. The molecule has 1 atom stereocenters. The number of piperazine rings is 1. The zero-order chi connectivity index (χ0) is 21.8. The topological polar surface area (TPSA) is 61.4 Å². The van der Waals surface area contributed by atoms with Gasteiger partial charge < -0.3 is 29.9 Å². The minimum Gasteiger partial charge on any atom is -0.493 e. The summed E-state index contributed by atoms with van der Waals surface area (Å²) in [6, 6.07) is 6.06. The molecule has 8 heteroatoms. The monoisotopic (exact) mass is 547 g/mol. The predicted molar refractivity (Wildman–Crippen MR) is 140 cm³/mol. The highest BCUT2D eigenvalue weighted by atomic mass is 127. The number of methoxy groups -OCH3 is 2. The molecule has 1 aromatic rings. The first-order valence-corrected chi connectivity index (χ1v) is 11.3. The van der Waals surface area contributed by atoms with Crippen LogP contribution in [0.15, 0.2) is 23.2 Å². The molecule has 0 bridgehead atoms. The first-order chi connectivity index (χ1) is 14.6. The van der Waals surface area contributed by atoms with Crippen molar-refractivity contribution in [1.29, 1.82) is 0 Å². The van der Waals surface area contributed by atoms with E-state index < -0.39 is 0 Å². The van der Waals surface area contributed by atoms with Crippen LogP contribution in [-0.4, -0.2) is 88.9 Å². The second-order valence-electron chi connectivity index (χ2n) is 7.93. The summed E-state index contributed by atoms with van der Waals surface area (Å²) in [5.41, 5.74) is 1.20. The third-order valence-corrected chi connectivity index (χ3v) is 5.54. The number of hydrogen-bond acceptors (Lipinski definition) is 5. The number of likely N-dealkylation sites (N-methyl/N-ethyl adjacent to an activating group) is 1. The van der Waals surface area contributed by atoms with E-state index in [9.17, 15) is 0 Å². The highest BCUT2D eigenvalue weighted by molar-refractivity contribution is 14.0. The molecule has 0 radical (unpaired) electrons. The van der Waals surface area contributed by atoms with Crippen LogP contribution in [0.3, 0.4) is 0 Å². The number of rotatable bonds is 11. The zero-order valence-electron chi connectivity index (χ0n) is 19.9. The Balaban J connectivity index is 0.00000480. The molecule has 0 spiro atoms. The Hall–Kier alpha value is -1.26. The van der Waals surface area contributed by atoms with E-state index in [-0.39, 0.29) is 24.0 Å². The van der Waals surface area contributed by atoms with Gasteiger partial charge in [0.25, 0.3) is 0 Å². The summed E-state index contributed by atoms with van der Waals surface area (Å²) in [6.07, 6.45) is 0.891. The SMILES string of the molecule is CCNC(=NCC(C)CN1CCN(CC)CC1)NCCc1ccc(OC)c(OC)c1.I. The van der Waals surface area contributed by atoms with Crippen molar-refractivity contribution in [1.82, 2.24) is 20.4 Å². The Bertz CT molecular complexity index is 651. The fraction of sp³-hybridized carbons (Fsp3) is 0.696. The molecule has 1 unspecified atom stereocenters. The predicted octanol–water partition coefficient (Wildman–Crippen LogP) is 2.69. The Morgan fingerprint density at radius 3 is 2.32 bits per heavy atom. The lowest BCUT2D eigenvalue weighted by molar-refractivity contribution is 0.125. The van der Waals surface area contributed by atoms with Gasteiger partial charge in [-0.2, -0.15) is 0 Å². The van der Waals surface area contributed by atoms with Crippen LogP contribution in [0.25, 0.3) is 0 Å². The van der Waals surface area contributed by atoms with Gasteiger partial charge in [-0.25, -0.2) is 0 Å². The van der Waals surface area contributed by atoms with E-state index in [0.29, 0.717) is 5.92 Å². The van der Waals surface area contributed by atoms with Gasteiger partial charge >= 0.3 is 0 Å². The molecule has 0 aromatic heterocycles. The van der Waals surface area contributed by atoms with Crippen LogP contribution in [0.2, 0.25) is 0 Å². The van der Waals surface area contributed by atoms with Gasteiger partial charge in [0, 0.05) is 52.4 Å². The van der Waals surface area contributed by atoms with Gasteiger partial charge in [-0.05, 0) is 43.5 Å². The van der Waals surface area contributed by atoms with E-state index in [1.54, 1.807) is 14.2 Å². The molecule has 0 aliphatic carbocycles. The molecule has 31 heavy (non-hydrogen) atoms. The Morgan fingerprint density at radius 1 is 1.03 bits per heavy atom. The molecule has 7 nitrogen and oxygen atoms in total. The van der Waals surface area contributed by atoms with Gasteiger partial charge in [0.05, 0.1) is 14.2 Å². The normalized spacial score (nSPS) is 16.4. The number of nitrogens with zero attached hydrogens (tertiary/aromatic N) is 3. The van der Waals surface area contributed by atoms with Gasteiger partial charge in [0.2, 0.25) is 0 Å². The maximum absolute atomic E-state index is 5.39. The van der Waals surface area contributed by atoms with Crippen LogP contribution in [-0.2, 0) is 6.42 Å². The zero-order valence-corrected chi connectivity index (χ0v) is 22.3. The lowest BCUT2D eigenvalue weighted by atomic mass is 10.1. The maximum atomic E-state index is 5.39. The summed E-state index contributed by atoms with van der Waals surface area (Å²) >= 11 is 0. The molecule has 2 rings (SSSR count). The fourth-order valence-electron chi connectivity index (χ4n) is 3.74. The van der Waals surface area contributed by atoms with Crippen molar-refractivity contribution >= 4 is 29.9 Å². The molecular formula is C23H42IN5O2. The average Bonchev–Trinajstić information content (AvgIpc) is 2.77. The number of ether oxygens (including phenoxy) is 2. The first-order valence-electron chi connectivity index (χ1n) is 11.3. The number of guanidine groups is 1. The number of hydrogen-bond donors (Lipinski definition) is 2. The molecule has 2 N–H and O–H groups in total. The van der Waals surface area contributed by atoms with Gasteiger partial charge in [-0.1, -0.05) is 19.9 Å². The molecule has 1 aromatic carbocycles. The highest BCUT2D eigenvalue weighted by Gasteiger charge is 2.17. The van der Waals surface area contributed by atoms with Crippen molar-refractivity contribution in [3.05, 3.63) is 23.8 Å². The minimum absolute atomic E-state index is 0. The minimum atomic E-state index is 0. The second kappa shape index (κ2) is 15.5. The third kappa shape index (κ3) is 9.82. The molecule has 1 aliphatic heterocycles. The van der Waals surface area contributed by atoms with E-state index in [4.69, 9.17) is 14.5 Å². The highest BCUT2D eigenvalue weighted by Crippen LogP contribution is 2.27. The van der Waals surface area contributed by atoms with Crippen LogP contribution >= 0.6 is 24.0 Å². The van der Waals surface area contributed by atoms with E-state index in [1.807, 2.05) is 12.1 Å². The average molecular weight is 548 g/mol. The molecule has 1 heterocycles. The van der Waals surface area contributed by atoms with E-state index in [1.165, 1.54) is 31.7 Å². The van der Waals surface area contributed by atoms with Crippen molar-refractivity contribution in [2.75, 3.05) is 73.1 Å². The molecular weight excluding hydrogens is 505 g/mol. The van der Waals surface area contributed by atoms with E-state index in [0.717, 1.165) is 56.6 Å². The Labute approximate surface area is 206 Å². The van der Waals surface area contributed by atoms with Crippen molar-refractivity contribution in [3.8, 4) is 11.5 Å². The van der Waals surface area contributed by atoms with Crippen LogP contribution in [0.5, 0.6) is 11.5 Å². The van der Waals surface area contributed by atoms with Crippen molar-refractivity contribution in [3.63, 3.8) is 0 Å². The molecule has 178 valence electrons. The first kappa shape index (κ1) is 27.8. The van der Waals surface area contributed by atoms with Gasteiger partial charge in [0.15, 0.2) is 17.5 Å². The quantitative estimate of drug-likeness (QED) is 0.253. The van der Waals surface area contributed by atoms with Gasteiger partial charge in [-0.15, -0.1) is 24.0 Å². The summed E-state index contributed by atoms with van der Waals surface area (Å²) in [5.74, 6) is 2.96. The summed E-state index contributed by atoms with van der Waals surface area (Å²) in [4.78, 5) is 9.91.